The molecule has 1 amide bonds. The van der Waals surface area contributed by atoms with Crippen LogP contribution in [0.4, 0.5) is 18.9 Å². The van der Waals surface area contributed by atoms with Crippen molar-refractivity contribution in [2.45, 2.75) is 56.8 Å². The maximum atomic E-state index is 14.7. The average molecular weight is 667 g/mol. The molecule has 1 aromatic heterocycles. The number of carboxylic acids is 1. The molecule has 2 unspecified atom stereocenters. The van der Waals surface area contributed by atoms with E-state index in [-0.39, 0.29) is 94.0 Å². The number of nitrogens with zero attached hydrogens (tertiary/aromatic N) is 1. The molecule has 46 heavy (non-hydrogen) atoms. The minimum Gasteiger partial charge on any atom is -1.00 e. The molecule has 0 spiro atoms. The molecule has 1 fully saturated rings. The van der Waals surface area contributed by atoms with E-state index in [1.165, 1.54) is 42.5 Å². The summed E-state index contributed by atoms with van der Waals surface area (Å²) in [6, 6.07) is 12.2. The molecule has 1 aliphatic rings. The van der Waals surface area contributed by atoms with Crippen LogP contribution in [-0.4, -0.2) is 91.9 Å². The molecule has 13 heteroatoms. The van der Waals surface area contributed by atoms with Gasteiger partial charge in [0, 0.05) is 35.3 Å². The van der Waals surface area contributed by atoms with Crippen LogP contribution >= 0.6 is 0 Å². The number of anilines is 1. The molecule has 0 radical (unpaired) electrons. The van der Waals surface area contributed by atoms with Gasteiger partial charge in [0.1, 0.15) is 17.3 Å². The summed E-state index contributed by atoms with van der Waals surface area (Å²) in [7, 11) is 0. The van der Waals surface area contributed by atoms with E-state index in [1.807, 2.05) is 0 Å². The number of hydrogen-bond acceptors (Lipinski definition) is 6. The first kappa shape index (κ1) is 35.3. The molecule has 0 bridgehead atoms. The van der Waals surface area contributed by atoms with Gasteiger partial charge < -0.3 is 38.3 Å². The first-order valence-corrected chi connectivity index (χ1v) is 14.3. The molecular formula is C33H33CaF3N2O7. The maximum absolute atomic E-state index is 14.7. The summed E-state index contributed by atoms with van der Waals surface area (Å²) in [5, 5.41) is 52.5. The first-order valence-electron chi connectivity index (χ1n) is 14.3. The standard InChI is InChI=1S/C33H31F3N2O7.Ca.2H/c34-20-6-3-17(4-7-20)29-30(33(45)37-26-10-8-21(39)15-27(26)42)31(18-1-2-18)38(12-11-22(40)14-23(41)16-28(43)44)32(29)19-5-9-24(35)25(36)13-19;;;/h3-10,13,15,18,22-23,39-42H,1-2,11-12,14,16H2,(H,37,45)(H,43,44);;;/q;+2;2*-1. The number of aliphatic hydroxyl groups excluding tert-OH is 2. The summed E-state index contributed by atoms with van der Waals surface area (Å²) >= 11 is 0. The number of halogens is 3. The van der Waals surface area contributed by atoms with Gasteiger partial charge in [0.25, 0.3) is 5.91 Å². The number of phenols is 2. The van der Waals surface area contributed by atoms with Crippen LogP contribution in [0.3, 0.4) is 0 Å². The number of aliphatic carboxylic acids is 1. The van der Waals surface area contributed by atoms with E-state index in [4.69, 9.17) is 5.11 Å². The van der Waals surface area contributed by atoms with Crippen molar-refractivity contribution in [2.24, 2.45) is 0 Å². The second kappa shape index (κ2) is 14.9. The SMILES string of the molecule is O=C(O)CC(O)CC(O)CCn1c(-c2ccc(F)c(F)c2)c(-c2ccc(F)cc2)c(C(=O)Nc2ccc(O)cc2O)c1C1CC1.[Ca+2].[H-].[H-]. The Kier molecular flexibility index (Phi) is 11.4. The fourth-order valence-electron chi connectivity index (χ4n) is 5.53. The largest absolute Gasteiger partial charge is 2.00 e. The van der Waals surface area contributed by atoms with Crippen molar-refractivity contribution in [3.8, 4) is 33.9 Å². The van der Waals surface area contributed by atoms with Gasteiger partial charge in [0.2, 0.25) is 0 Å². The second-order valence-electron chi connectivity index (χ2n) is 11.1. The van der Waals surface area contributed by atoms with Crippen molar-refractivity contribution in [1.29, 1.82) is 0 Å². The van der Waals surface area contributed by atoms with Crippen molar-refractivity contribution in [1.82, 2.24) is 4.57 Å². The molecule has 9 nitrogen and oxygen atoms in total. The predicted molar refractivity (Wildman–Crippen MR) is 166 cm³/mol. The number of hydrogen-bond donors (Lipinski definition) is 6. The van der Waals surface area contributed by atoms with E-state index in [2.05, 4.69) is 5.32 Å². The summed E-state index contributed by atoms with van der Waals surface area (Å²) < 4.78 is 44.5. The Bertz CT molecular complexity index is 1750. The first-order chi connectivity index (χ1) is 21.4. The van der Waals surface area contributed by atoms with Crippen LogP contribution in [0, 0.1) is 17.5 Å². The van der Waals surface area contributed by atoms with E-state index >= 15 is 0 Å². The van der Waals surface area contributed by atoms with E-state index < -0.39 is 53.7 Å². The van der Waals surface area contributed by atoms with Crippen LogP contribution in [0.15, 0.2) is 60.7 Å². The van der Waals surface area contributed by atoms with Gasteiger partial charge in [-0.05, 0) is 73.7 Å². The topological polar surface area (TPSA) is 152 Å². The predicted octanol–water partition coefficient (Wildman–Crippen LogP) is 5.60. The van der Waals surface area contributed by atoms with Gasteiger partial charge in [-0.1, -0.05) is 12.1 Å². The zero-order chi connectivity index (χ0) is 32.4. The number of carbonyl (C=O) groups excluding carboxylic acids is 1. The Morgan fingerprint density at radius 1 is 0.913 bits per heavy atom. The zero-order valence-corrected chi connectivity index (χ0v) is 26.8. The average Bonchev–Trinajstić information content (AvgIpc) is 3.75. The van der Waals surface area contributed by atoms with Crippen LogP contribution < -0.4 is 5.32 Å². The third kappa shape index (κ3) is 8.05. The van der Waals surface area contributed by atoms with Crippen molar-refractivity contribution < 1.29 is 51.1 Å². The van der Waals surface area contributed by atoms with Gasteiger partial charge in [0.15, 0.2) is 11.6 Å². The summed E-state index contributed by atoms with van der Waals surface area (Å²) in [5.74, 6) is -5.45. The third-order valence-corrected chi connectivity index (χ3v) is 7.69. The fraction of sp³-hybridized carbons (Fsp3) is 0.273. The van der Waals surface area contributed by atoms with Crippen LogP contribution in [-0.2, 0) is 11.3 Å². The molecule has 240 valence electrons. The summed E-state index contributed by atoms with van der Waals surface area (Å²) in [6.45, 7) is 0.0348. The normalized spacial score (nSPS) is 13.9. The zero-order valence-electron chi connectivity index (χ0n) is 26.6. The number of nitrogens with one attached hydrogen (secondary N) is 1. The van der Waals surface area contributed by atoms with Crippen molar-refractivity contribution in [3.63, 3.8) is 0 Å². The molecule has 0 aliphatic heterocycles. The fourth-order valence-corrected chi connectivity index (χ4v) is 5.53. The van der Waals surface area contributed by atoms with E-state index in [0.29, 0.717) is 29.8 Å². The third-order valence-electron chi connectivity index (χ3n) is 7.69. The number of carboxylic acid groups (broad SMARTS) is 1. The molecule has 5 rings (SSSR count). The van der Waals surface area contributed by atoms with Gasteiger partial charge in [-0.15, -0.1) is 0 Å². The molecule has 2 atom stereocenters. The number of amides is 1. The van der Waals surface area contributed by atoms with Gasteiger partial charge in [-0.25, -0.2) is 13.2 Å². The molecule has 1 saturated carbocycles. The monoisotopic (exact) mass is 666 g/mol. The molecule has 0 saturated heterocycles. The van der Waals surface area contributed by atoms with Crippen molar-refractivity contribution in [3.05, 3.63) is 89.4 Å². The summed E-state index contributed by atoms with van der Waals surface area (Å²) in [4.78, 5) is 25.1. The van der Waals surface area contributed by atoms with E-state index in [1.54, 1.807) is 4.57 Å². The number of benzene rings is 3. The number of aromatic hydroxyl groups is 2. The Labute approximate surface area is 294 Å². The van der Waals surface area contributed by atoms with Gasteiger partial charge in [-0.3, -0.25) is 9.59 Å². The minimum absolute atomic E-state index is 0. The molecule has 4 aromatic rings. The van der Waals surface area contributed by atoms with Crippen LogP contribution in [0.5, 0.6) is 11.5 Å². The van der Waals surface area contributed by atoms with E-state index in [0.717, 1.165) is 18.2 Å². The van der Waals surface area contributed by atoms with Crippen LogP contribution in [0.25, 0.3) is 22.4 Å². The number of carbonyl (C=O) groups is 2. The van der Waals surface area contributed by atoms with Crippen molar-refractivity contribution in [2.75, 3.05) is 5.32 Å². The second-order valence-corrected chi connectivity index (χ2v) is 11.1. The number of aliphatic hydroxyl groups is 2. The van der Waals surface area contributed by atoms with Gasteiger partial charge in [0.05, 0.1) is 35.6 Å². The molecular weight excluding hydrogens is 633 g/mol. The maximum Gasteiger partial charge on any atom is 2.00 e. The van der Waals surface area contributed by atoms with Crippen LogP contribution in [0.1, 0.15) is 56.9 Å². The van der Waals surface area contributed by atoms with Gasteiger partial charge >= 0.3 is 43.7 Å². The van der Waals surface area contributed by atoms with Gasteiger partial charge in [-0.2, -0.15) is 0 Å². The summed E-state index contributed by atoms with van der Waals surface area (Å²) in [6.07, 6.45) is -1.85. The molecule has 6 N–H and O–H groups in total. The number of phenolic OH excluding ortho intramolecular Hbond substituents is 2. The van der Waals surface area contributed by atoms with Crippen LogP contribution in [0.2, 0.25) is 0 Å². The van der Waals surface area contributed by atoms with Crippen molar-refractivity contribution >= 4 is 55.3 Å². The smallest absolute Gasteiger partial charge is 1.00 e. The number of rotatable bonds is 12. The molecule has 1 heterocycles. The minimum atomic E-state index is -1.30. The number of aromatic nitrogens is 1. The Balaban J connectivity index is 0.00000267. The molecule has 3 aromatic carbocycles. The van der Waals surface area contributed by atoms with E-state index in [9.17, 15) is 43.2 Å². The Morgan fingerprint density at radius 3 is 2.20 bits per heavy atom. The Hall–Kier alpha value is -3.55. The molecule has 1 aliphatic carbocycles. The Morgan fingerprint density at radius 2 is 1.59 bits per heavy atom. The summed E-state index contributed by atoms with van der Waals surface area (Å²) in [5.41, 5.74) is 1.80. The quantitative estimate of drug-likeness (QED) is 0.0654.